The van der Waals surface area contributed by atoms with E-state index in [1.807, 2.05) is 6.92 Å². The summed E-state index contributed by atoms with van der Waals surface area (Å²) < 4.78 is 10.0. The van der Waals surface area contributed by atoms with E-state index in [-0.39, 0.29) is 12.4 Å². The molecule has 0 saturated heterocycles. The molecule has 1 rings (SSSR count). The van der Waals surface area contributed by atoms with Gasteiger partial charge < -0.3 is 14.8 Å². The van der Waals surface area contributed by atoms with Gasteiger partial charge in [0.2, 0.25) is 11.8 Å². The van der Waals surface area contributed by atoms with Gasteiger partial charge in [-0.3, -0.25) is 4.79 Å². The molecule has 0 unspecified atom stereocenters. The van der Waals surface area contributed by atoms with Crippen molar-refractivity contribution in [1.82, 2.24) is 9.97 Å². The third-order valence-corrected chi connectivity index (χ3v) is 1.84. The Kier molecular flexibility index (Phi) is 5.77. The molecule has 0 aliphatic rings. The van der Waals surface area contributed by atoms with Crippen molar-refractivity contribution >= 4 is 11.9 Å². The first-order valence-corrected chi connectivity index (χ1v) is 5.61. The van der Waals surface area contributed by atoms with Gasteiger partial charge in [0, 0.05) is 18.8 Å². The topological polar surface area (TPSA) is 73.3 Å². The molecule has 0 radical (unpaired) electrons. The number of ether oxygens (including phenoxy) is 2. The number of aromatic nitrogens is 2. The maximum absolute atomic E-state index is 11.1. The number of carbonyl (C=O) groups is 1. The lowest BCUT2D eigenvalue weighted by Gasteiger charge is -2.06. The minimum absolute atomic E-state index is 0.235. The van der Waals surface area contributed by atoms with Crippen molar-refractivity contribution in [1.29, 1.82) is 0 Å². The summed E-state index contributed by atoms with van der Waals surface area (Å²) in [5.41, 5.74) is 0. The molecule has 6 nitrogen and oxygen atoms in total. The Morgan fingerprint density at radius 1 is 1.41 bits per heavy atom. The number of rotatable bonds is 7. The number of hydrogen-bond acceptors (Lipinski definition) is 6. The summed E-state index contributed by atoms with van der Waals surface area (Å²) in [7, 11) is 0. The third-order valence-electron chi connectivity index (χ3n) is 1.84. The minimum atomic E-state index is -0.235. The molecule has 6 heteroatoms. The third kappa shape index (κ3) is 5.14. The first-order chi connectivity index (χ1) is 8.26. The van der Waals surface area contributed by atoms with Crippen LogP contribution in [0.3, 0.4) is 0 Å². The average molecular weight is 239 g/mol. The van der Waals surface area contributed by atoms with Crippen LogP contribution < -0.4 is 10.1 Å². The van der Waals surface area contributed by atoms with Gasteiger partial charge in [-0.2, -0.15) is 4.98 Å². The van der Waals surface area contributed by atoms with Gasteiger partial charge in [0.15, 0.2) is 0 Å². The minimum Gasteiger partial charge on any atom is -0.478 e. The molecular weight excluding hydrogens is 222 g/mol. The van der Waals surface area contributed by atoms with Crippen LogP contribution in [0.25, 0.3) is 0 Å². The van der Waals surface area contributed by atoms with Crippen LogP contribution in [0.15, 0.2) is 12.3 Å². The zero-order valence-electron chi connectivity index (χ0n) is 10.1. The SMILES string of the molecule is CCOC(=O)CCNc1nccc(OCC)n1. The second-order valence-electron chi connectivity index (χ2n) is 3.13. The summed E-state index contributed by atoms with van der Waals surface area (Å²) in [6.07, 6.45) is 1.89. The van der Waals surface area contributed by atoms with E-state index >= 15 is 0 Å². The molecule has 17 heavy (non-hydrogen) atoms. The average Bonchev–Trinajstić information content (AvgIpc) is 2.30. The van der Waals surface area contributed by atoms with Crippen LogP contribution in [0.2, 0.25) is 0 Å². The molecule has 1 N–H and O–H groups in total. The fourth-order valence-electron chi connectivity index (χ4n) is 1.17. The van der Waals surface area contributed by atoms with Crippen LogP contribution in [0.5, 0.6) is 5.88 Å². The number of hydrogen-bond donors (Lipinski definition) is 1. The number of carbonyl (C=O) groups excluding carboxylic acids is 1. The van der Waals surface area contributed by atoms with Gasteiger partial charge in [-0.25, -0.2) is 4.98 Å². The lowest BCUT2D eigenvalue weighted by atomic mass is 10.4. The quantitative estimate of drug-likeness (QED) is 0.722. The second kappa shape index (κ2) is 7.43. The molecule has 94 valence electrons. The summed E-state index contributed by atoms with van der Waals surface area (Å²) in [6, 6.07) is 1.68. The molecule has 0 fully saturated rings. The number of nitrogens with one attached hydrogen (secondary N) is 1. The fraction of sp³-hybridized carbons (Fsp3) is 0.545. The van der Waals surface area contributed by atoms with Crippen molar-refractivity contribution in [2.75, 3.05) is 25.1 Å². The molecule has 1 heterocycles. The van der Waals surface area contributed by atoms with Crippen LogP contribution in [0, 0.1) is 0 Å². The highest BCUT2D eigenvalue weighted by Crippen LogP contribution is 2.07. The largest absolute Gasteiger partial charge is 0.478 e. The molecule has 0 atom stereocenters. The smallest absolute Gasteiger partial charge is 0.307 e. The van der Waals surface area contributed by atoms with Gasteiger partial charge in [-0.05, 0) is 13.8 Å². The highest BCUT2D eigenvalue weighted by Gasteiger charge is 2.03. The molecule has 0 aliphatic carbocycles. The molecule has 0 aromatic carbocycles. The van der Waals surface area contributed by atoms with E-state index < -0.39 is 0 Å². The van der Waals surface area contributed by atoms with Gasteiger partial charge in [0.25, 0.3) is 0 Å². The van der Waals surface area contributed by atoms with E-state index in [1.54, 1.807) is 19.2 Å². The maximum atomic E-state index is 11.1. The van der Waals surface area contributed by atoms with E-state index in [0.717, 1.165) is 0 Å². The van der Waals surface area contributed by atoms with E-state index in [1.165, 1.54) is 0 Å². The van der Waals surface area contributed by atoms with E-state index in [0.29, 0.717) is 31.6 Å². The molecule has 0 spiro atoms. The zero-order valence-corrected chi connectivity index (χ0v) is 10.1. The van der Waals surface area contributed by atoms with Crippen molar-refractivity contribution in [3.05, 3.63) is 12.3 Å². The summed E-state index contributed by atoms with van der Waals surface area (Å²) in [5.74, 6) is 0.724. The Bertz CT molecular complexity index is 358. The standard InChI is InChI=1S/C11H17N3O3/c1-3-16-9-5-7-12-11(14-9)13-8-6-10(15)17-4-2/h5,7H,3-4,6,8H2,1-2H3,(H,12,13,14). The van der Waals surface area contributed by atoms with Gasteiger partial charge in [-0.1, -0.05) is 0 Å². The molecule has 0 bridgehead atoms. The molecule has 1 aromatic rings. The summed E-state index contributed by atoms with van der Waals surface area (Å²) in [5, 5.41) is 2.93. The summed E-state index contributed by atoms with van der Waals surface area (Å²) in [4.78, 5) is 19.2. The van der Waals surface area contributed by atoms with Gasteiger partial charge >= 0.3 is 5.97 Å². The highest BCUT2D eigenvalue weighted by atomic mass is 16.5. The van der Waals surface area contributed by atoms with Crippen LogP contribution >= 0.6 is 0 Å². The lowest BCUT2D eigenvalue weighted by Crippen LogP contribution is -2.12. The fourth-order valence-corrected chi connectivity index (χ4v) is 1.17. The second-order valence-corrected chi connectivity index (χ2v) is 3.13. The Morgan fingerprint density at radius 2 is 2.24 bits per heavy atom. The molecular formula is C11H17N3O3. The van der Waals surface area contributed by atoms with Crippen LogP contribution in [-0.4, -0.2) is 35.7 Å². The van der Waals surface area contributed by atoms with E-state index in [9.17, 15) is 4.79 Å². The maximum Gasteiger partial charge on any atom is 0.307 e. The first kappa shape index (κ1) is 13.2. The Hall–Kier alpha value is -1.85. The normalized spacial score (nSPS) is 9.76. The molecule has 0 amide bonds. The van der Waals surface area contributed by atoms with Crippen LogP contribution in [0.4, 0.5) is 5.95 Å². The van der Waals surface area contributed by atoms with Crippen molar-refractivity contribution < 1.29 is 14.3 Å². The monoisotopic (exact) mass is 239 g/mol. The number of esters is 1. The first-order valence-electron chi connectivity index (χ1n) is 5.61. The highest BCUT2D eigenvalue weighted by molar-refractivity contribution is 5.69. The summed E-state index contributed by atoms with van der Waals surface area (Å²) >= 11 is 0. The van der Waals surface area contributed by atoms with Crippen molar-refractivity contribution in [3.8, 4) is 5.88 Å². The Morgan fingerprint density at radius 3 is 2.94 bits per heavy atom. The van der Waals surface area contributed by atoms with Gasteiger partial charge in [0.05, 0.1) is 19.6 Å². The summed E-state index contributed by atoms with van der Waals surface area (Å²) in [6.45, 7) is 5.05. The van der Waals surface area contributed by atoms with Crippen molar-refractivity contribution in [3.63, 3.8) is 0 Å². The lowest BCUT2D eigenvalue weighted by molar-refractivity contribution is -0.142. The molecule has 0 aliphatic heterocycles. The van der Waals surface area contributed by atoms with E-state index in [4.69, 9.17) is 9.47 Å². The van der Waals surface area contributed by atoms with Crippen LogP contribution in [-0.2, 0) is 9.53 Å². The van der Waals surface area contributed by atoms with Gasteiger partial charge in [0.1, 0.15) is 0 Å². The number of nitrogens with zero attached hydrogens (tertiary/aromatic N) is 2. The number of anilines is 1. The predicted molar refractivity (Wildman–Crippen MR) is 62.9 cm³/mol. The molecule has 1 aromatic heterocycles. The zero-order chi connectivity index (χ0) is 12.5. The van der Waals surface area contributed by atoms with Crippen molar-refractivity contribution in [2.24, 2.45) is 0 Å². The Balaban J connectivity index is 2.35. The van der Waals surface area contributed by atoms with E-state index in [2.05, 4.69) is 15.3 Å². The predicted octanol–water partition coefficient (Wildman–Crippen LogP) is 1.24. The Labute approximate surface area is 100 Å². The van der Waals surface area contributed by atoms with Crippen molar-refractivity contribution in [2.45, 2.75) is 20.3 Å². The molecule has 0 saturated carbocycles. The van der Waals surface area contributed by atoms with Crippen LogP contribution in [0.1, 0.15) is 20.3 Å². The van der Waals surface area contributed by atoms with Gasteiger partial charge in [-0.15, -0.1) is 0 Å².